The van der Waals surface area contributed by atoms with Crippen LogP contribution in [0.15, 0.2) is 54.6 Å². The lowest BCUT2D eigenvalue weighted by Crippen LogP contribution is -2.34. The zero-order valence-electron chi connectivity index (χ0n) is 15.2. The molecule has 1 heterocycles. The summed E-state index contributed by atoms with van der Waals surface area (Å²) in [4.78, 5) is 25.7. The molecular formula is C21H21F3N2O2. The molecule has 1 unspecified atom stereocenters. The number of anilines is 1. The largest absolute Gasteiger partial charge is 0.418 e. The van der Waals surface area contributed by atoms with E-state index in [9.17, 15) is 22.8 Å². The third-order valence-corrected chi connectivity index (χ3v) is 4.78. The summed E-state index contributed by atoms with van der Waals surface area (Å²) in [6.45, 7) is 0.411. The number of carbonyl (C=O) groups is 2. The van der Waals surface area contributed by atoms with E-state index in [2.05, 4.69) is 5.32 Å². The van der Waals surface area contributed by atoms with Crippen molar-refractivity contribution < 1.29 is 22.8 Å². The number of rotatable bonds is 6. The predicted octanol–water partition coefficient (Wildman–Crippen LogP) is 3.81. The maximum atomic E-state index is 13.2. The number of nitrogens with zero attached hydrogens (tertiary/aromatic N) is 1. The van der Waals surface area contributed by atoms with Gasteiger partial charge in [0.25, 0.3) is 0 Å². The Bertz CT molecular complexity index is 837. The van der Waals surface area contributed by atoms with E-state index >= 15 is 0 Å². The molecule has 1 atom stereocenters. The van der Waals surface area contributed by atoms with Crippen molar-refractivity contribution in [2.75, 3.05) is 18.0 Å². The van der Waals surface area contributed by atoms with E-state index < -0.39 is 23.6 Å². The number of para-hydroxylation sites is 1. The summed E-state index contributed by atoms with van der Waals surface area (Å²) in [5.74, 6) is -1.42. The lowest BCUT2D eigenvalue weighted by atomic mass is 10.1. The van der Waals surface area contributed by atoms with E-state index in [1.807, 2.05) is 30.3 Å². The Labute approximate surface area is 161 Å². The van der Waals surface area contributed by atoms with E-state index in [1.165, 1.54) is 23.8 Å². The number of benzene rings is 2. The molecule has 3 rings (SSSR count). The summed E-state index contributed by atoms with van der Waals surface area (Å²) in [7, 11) is 0. The monoisotopic (exact) mass is 390 g/mol. The topological polar surface area (TPSA) is 49.4 Å². The molecule has 148 valence electrons. The van der Waals surface area contributed by atoms with Crippen LogP contribution in [0.2, 0.25) is 0 Å². The average molecular weight is 390 g/mol. The standard InChI is InChI=1S/C21H21F3N2O2/c22-21(23,24)17-10-4-5-11-18(17)26-14-16(13-19(26)27)20(28)25-12-6-9-15-7-2-1-3-8-15/h1-5,7-8,10-11,16H,6,9,12-14H2,(H,25,28). The fourth-order valence-corrected chi connectivity index (χ4v) is 3.36. The Kier molecular flexibility index (Phi) is 6.02. The Balaban J connectivity index is 1.56. The maximum absolute atomic E-state index is 13.2. The molecule has 1 saturated heterocycles. The molecule has 4 nitrogen and oxygen atoms in total. The number of amides is 2. The molecule has 1 aliphatic heterocycles. The lowest BCUT2D eigenvalue weighted by molar-refractivity contribution is -0.137. The summed E-state index contributed by atoms with van der Waals surface area (Å²) in [6.07, 6.45) is -3.09. The number of halogens is 3. The Hall–Kier alpha value is -2.83. The molecule has 0 aliphatic carbocycles. The Morgan fingerprint density at radius 3 is 2.46 bits per heavy atom. The van der Waals surface area contributed by atoms with Crippen molar-refractivity contribution in [2.45, 2.75) is 25.4 Å². The fourth-order valence-electron chi connectivity index (χ4n) is 3.36. The van der Waals surface area contributed by atoms with Crippen molar-refractivity contribution in [3.8, 4) is 0 Å². The molecule has 2 amide bonds. The minimum atomic E-state index is -4.56. The van der Waals surface area contributed by atoms with Crippen molar-refractivity contribution >= 4 is 17.5 Å². The van der Waals surface area contributed by atoms with Crippen LogP contribution in [0.25, 0.3) is 0 Å². The highest BCUT2D eigenvalue weighted by Gasteiger charge is 2.40. The summed E-state index contributed by atoms with van der Waals surface area (Å²) >= 11 is 0. The minimum Gasteiger partial charge on any atom is -0.356 e. The van der Waals surface area contributed by atoms with Crippen molar-refractivity contribution in [1.29, 1.82) is 0 Å². The second-order valence-electron chi connectivity index (χ2n) is 6.80. The van der Waals surface area contributed by atoms with Crippen LogP contribution in [-0.2, 0) is 22.2 Å². The van der Waals surface area contributed by atoms with Crippen LogP contribution in [0.4, 0.5) is 18.9 Å². The molecule has 1 fully saturated rings. The zero-order chi connectivity index (χ0) is 20.1. The molecule has 2 aromatic carbocycles. The first-order valence-corrected chi connectivity index (χ1v) is 9.14. The SMILES string of the molecule is O=C(NCCCc1ccccc1)C1CC(=O)N(c2ccccc2C(F)(F)F)C1. The van der Waals surface area contributed by atoms with E-state index in [0.29, 0.717) is 6.54 Å². The molecule has 7 heteroatoms. The zero-order valence-corrected chi connectivity index (χ0v) is 15.2. The highest BCUT2D eigenvalue weighted by Crippen LogP contribution is 2.38. The van der Waals surface area contributed by atoms with Crippen LogP contribution in [0.3, 0.4) is 0 Å². The molecule has 2 aromatic rings. The van der Waals surface area contributed by atoms with Crippen LogP contribution in [0, 0.1) is 5.92 Å². The van der Waals surface area contributed by atoms with Gasteiger partial charge in [0, 0.05) is 19.5 Å². The predicted molar refractivity (Wildman–Crippen MR) is 99.7 cm³/mol. The van der Waals surface area contributed by atoms with Crippen molar-refractivity contribution in [1.82, 2.24) is 5.32 Å². The molecule has 0 saturated carbocycles. The summed E-state index contributed by atoms with van der Waals surface area (Å²) in [6, 6.07) is 14.8. The minimum absolute atomic E-state index is 0.0452. The van der Waals surface area contributed by atoms with Crippen molar-refractivity contribution in [3.63, 3.8) is 0 Å². The molecule has 0 bridgehead atoms. The van der Waals surface area contributed by atoms with Gasteiger partial charge in [-0.15, -0.1) is 0 Å². The molecule has 28 heavy (non-hydrogen) atoms. The third kappa shape index (κ3) is 4.71. The van der Waals surface area contributed by atoms with E-state index in [4.69, 9.17) is 0 Å². The second-order valence-corrected chi connectivity index (χ2v) is 6.80. The second kappa shape index (κ2) is 8.46. The number of nitrogens with one attached hydrogen (secondary N) is 1. The van der Waals surface area contributed by atoms with Gasteiger partial charge in [-0.3, -0.25) is 9.59 Å². The van der Waals surface area contributed by atoms with Gasteiger partial charge in [-0.25, -0.2) is 0 Å². The van der Waals surface area contributed by atoms with Gasteiger partial charge in [-0.1, -0.05) is 42.5 Å². The average Bonchev–Trinajstić information content (AvgIpc) is 3.07. The van der Waals surface area contributed by atoms with E-state index in [1.54, 1.807) is 0 Å². The van der Waals surface area contributed by atoms with Crippen LogP contribution in [0.1, 0.15) is 24.0 Å². The molecule has 1 aliphatic rings. The van der Waals surface area contributed by atoms with Crippen LogP contribution in [-0.4, -0.2) is 24.9 Å². The van der Waals surface area contributed by atoms with Crippen molar-refractivity contribution in [2.24, 2.45) is 5.92 Å². The highest BCUT2D eigenvalue weighted by molar-refractivity contribution is 6.00. The molecule has 0 aromatic heterocycles. The first-order valence-electron chi connectivity index (χ1n) is 9.14. The van der Waals surface area contributed by atoms with E-state index in [-0.39, 0.29) is 24.6 Å². The first kappa shape index (κ1) is 19.9. The normalized spacial score (nSPS) is 17.0. The lowest BCUT2D eigenvalue weighted by Gasteiger charge is -2.21. The van der Waals surface area contributed by atoms with Gasteiger partial charge in [0.15, 0.2) is 0 Å². The van der Waals surface area contributed by atoms with Gasteiger partial charge in [0.05, 0.1) is 17.2 Å². The number of carbonyl (C=O) groups excluding carboxylic acids is 2. The first-order chi connectivity index (χ1) is 13.4. The highest BCUT2D eigenvalue weighted by atomic mass is 19.4. The van der Waals surface area contributed by atoms with Crippen LogP contribution >= 0.6 is 0 Å². The summed E-state index contributed by atoms with van der Waals surface area (Å²) in [5.41, 5.74) is 0.106. The fraction of sp³-hybridized carbons (Fsp3) is 0.333. The summed E-state index contributed by atoms with van der Waals surface area (Å²) in [5, 5.41) is 2.79. The Morgan fingerprint density at radius 1 is 1.07 bits per heavy atom. The quantitative estimate of drug-likeness (QED) is 0.763. The number of aryl methyl sites for hydroxylation is 1. The van der Waals surface area contributed by atoms with Gasteiger partial charge in [-0.2, -0.15) is 13.2 Å². The number of hydrogen-bond acceptors (Lipinski definition) is 2. The van der Waals surface area contributed by atoms with Crippen molar-refractivity contribution in [3.05, 3.63) is 65.7 Å². The molecule has 0 radical (unpaired) electrons. The van der Waals surface area contributed by atoms with Crippen LogP contribution < -0.4 is 10.2 Å². The smallest absolute Gasteiger partial charge is 0.356 e. The number of alkyl halides is 3. The molecular weight excluding hydrogens is 369 g/mol. The van der Waals surface area contributed by atoms with Gasteiger partial charge in [0.1, 0.15) is 0 Å². The van der Waals surface area contributed by atoms with Gasteiger partial charge >= 0.3 is 6.18 Å². The summed E-state index contributed by atoms with van der Waals surface area (Å²) < 4.78 is 39.6. The molecule has 1 N–H and O–H groups in total. The third-order valence-electron chi connectivity index (χ3n) is 4.78. The van der Waals surface area contributed by atoms with Crippen LogP contribution in [0.5, 0.6) is 0 Å². The van der Waals surface area contributed by atoms with Gasteiger partial charge in [0.2, 0.25) is 11.8 Å². The molecule has 0 spiro atoms. The van der Waals surface area contributed by atoms with Gasteiger partial charge in [-0.05, 0) is 30.5 Å². The maximum Gasteiger partial charge on any atom is 0.418 e. The van der Waals surface area contributed by atoms with Gasteiger partial charge < -0.3 is 10.2 Å². The van der Waals surface area contributed by atoms with E-state index in [0.717, 1.165) is 23.8 Å². The Morgan fingerprint density at radius 2 is 1.75 bits per heavy atom. The number of hydrogen-bond donors (Lipinski definition) is 1.